The second kappa shape index (κ2) is 4.94. The maximum atomic E-state index is 4.59. The maximum absolute atomic E-state index is 4.59. The Kier molecular flexibility index (Phi) is 3.33. The molecule has 14 heavy (non-hydrogen) atoms. The largest absolute Gasteiger partial charge is 0.294 e. The molecule has 0 amide bonds. The molecular formula is C13H17N. The van der Waals surface area contributed by atoms with Crippen molar-refractivity contribution in [3.63, 3.8) is 0 Å². The minimum atomic E-state index is 0.624. The van der Waals surface area contributed by atoms with Crippen LogP contribution in [-0.4, -0.2) is 12.3 Å². The van der Waals surface area contributed by atoms with Gasteiger partial charge in [0.25, 0.3) is 0 Å². The number of nitrogens with zero attached hydrogens (tertiary/aromatic N) is 1. The number of benzene rings is 1. The first-order chi connectivity index (χ1) is 6.95. The van der Waals surface area contributed by atoms with Crippen LogP contribution in [-0.2, 0) is 6.42 Å². The van der Waals surface area contributed by atoms with Gasteiger partial charge in [0, 0.05) is 18.7 Å². The Balaban J connectivity index is 1.81. The summed E-state index contributed by atoms with van der Waals surface area (Å²) in [6.07, 6.45) is 8.40. The molecule has 0 N–H and O–H groups in total. The van der Waals surface area contributed by atoms with Crippen molar-refractivity contribution < 1.29 is 0 Å². The first kappa shape index (κ1) is 9.45. The van der Waals surface area contributed by atoms with Crippen molar-refractivity contribution in [2.45, 2.75) is 38.1 Å². The lowest BCUT2D eigenvalue weighted by molar-refractivity contribution is 0.708. The van der Waals surface area contributed by atoms with Gasteiger partial charge in [-0.2, -0.15) is 0 Å². The fraction of sp³-hybridized carbons (Fsp3) is 0.462. The van der Waals surface area contributed by atoms with Crippen LogP contribution in [0.4, 0.5) is 0 Å². The Bertz CT molecular complexity index is 283. The monoisotopic (exact) mass is 187 g/mol. The summed E-state index contributed by atoms with van der Waals surface area (Å²) in [5.74, 6) is 0. The average Bonchev–Trinajstić information content (AvgIpc) is 2.72. The summed E-state index contributed by atoms with van der Waals surface area (Å²) in [5, 5.41) is 0. The van der Waals surface area contributed by atoms with Crippen LogP contribution in [0.1, 0.15) is 31.2 Å². The fourth-order valence-electron chi connectivity index (χ4n) is 1.97. The van der Waals surface area contributed by atoms with Gasteiger partial charge in [0.2, 0.25) is 0 Å². The van der Waals surface area contributed by atoms with Crippen LogP contribution < -0.4 is 0 Å². The molecule has 0 unspecified atom stereocenters. The molecule has 1 aliphatic rings. The van der Waals surface area contributed by atoms with E-state index in [9.17, 15) is 0 Å². The molecule has 1 saturated carbocycles. The van der Waals surface area contributed by atoms with E-state index in [1.54, 1.807) is 0 Å². The Hall–Kier alpha value is -1.11. The van der Waals surface area contributed by atoms with Gasteiger partial charge in [0.15, 0.2) is 0 Å². The fourth-order valence-corrected chi connectivity index (χ4v) is 1.97. The van der Waals surface area contributed by atoms with Gasteiger partial charge < -0.3 is 0 Å². The van der Waals surface area contributed by atoms with Gasteiger partial charge in [0.05, 0.1) is 0 Å². The van der Waals surface area contributed by atoms with E-state index in [4.69, 9.17) is 0 Å². The molecule has 0 aromatic heterocycles. The molecule has 0 spiro atoms. The number of hydrogen-bond acceptors (Lipinski definition) is 1. The van der Waals surface area contributed by atoms with Gasteiger partial charge in [-0.25, -0.2) is 0 Å². The van der Waals surface area contributed by atoms with Crippen molar-refractivity contribution in [1.29, 1.82) is 0 Å². The summed E-state index contributed by atoms with van der Waals surface area (Å²) in [5.41, 5.74) is 1.36. The van der Waals surface area contributed by atoms with Gasteiger partial charge in [-0.15, -0.1) is 0 Å². The van der Waals surface area contributed by atoms with Gasteiger partial charge in [-0.3, -0.25) is 4.99 Å². The normalized spacial score (nSPS) is 18.0. The predicted molar refractivity (Wildman–Crippen MR) is 60.9 cm³/mol. The van der Waals surface area contributed by atoms with Gasteiger partial charge in [-0.05, 0) is 18.4 Å². The van der Waals surface area contributed by atoms with Crippen LogP contribution >= 0.6 is 0 Å². The zero-order valence-electron chi connectivity index (χ0n) is 8.52. The summed E-state index contributed by atoms with van der Waals surface area (Å²) in [6, 6.07) is 11.1. The highest BCUT2D eigenvalue weighted by Crippen LogP contribution is 2.20. The van der Waals surface area contributed by atoms with Crippen LogP contribution in [0.5, 0.6) is 0 Å². The first-order valence-corrected chi connectivity index (χ1v) is 5.51. The molecule has 0 atom stereocenters. The van der Waals surface area contributed by atoms with E-state index in [1.165, 1.54) is 31.2 Å². The molecule has 0 heterocycles. The van der Waals surface area contributed by atoms with Crippen molar-refractivity contribution in [1.82, 2.24) is 0 Å². The first-order valence-electron chi connectivity index (χ1n) is 5.51. The van der Waals surface area contributed by atoms with Crippen LogP contribution in [0.15, 0.2) is 35.3 Å². The zero-order valence-corrected chi connectivity index (χ0v) is 8.52. The van der Waals surface area contributed by atoms with E-state index in [0.29, 0.717) is 6.04 Å². The van der Waals surface area contributed by atoms with Crippen molar-refractivity contribution in [2.75, 3.05) is 0 Å². The molecule has 74 valence electrons. The molecule has 0 bridgehead atoms. The lowest BCUT2D eigenvalue weighted by atomic mass is 10.2. The third kappa shape index (κ3) is 2.69. The molecule has 2 rings (SSSR count). The second-order valence-electron chi connectivity index (χ2n) is 3.96. The molecule has 1 aromatic rings. The molecule has 0 aliphatic heterocycles. The highest BCUT2D eigenvalue weighted by molar-refractivity contribution is 5.61. The third-order valence-corrected chi connectivity index (χ3v) is 2.81. The average molecular weight is 187 g/mol. The van der Waals surface area contributed by atoms with Crippen molar-refractivity contribution in [3.05, 3.63) is 35.9 Å². The molecule has 0 radical (unpaired) electrons. The number of hydrogen-bond donors (Lipinski definition) is 0. The van der Waals surface area contributed by atoms with E-state index in [0.717, 1.165) is 6.42 Å². The number of aliphatic imine (C=N–C) groups is 1. The van der Waals surface area contributed by atoms with E-state index in [1.807, 2.05) is 0 Å². The predicted octanol–water partition coefficient (Wildman–Crippen LogP) is 3.24. The summed E-state index contributed by atoms with van der Waals surface area (Å²) in [7, 11) is 0. The number of rotatable bonds is 3. The van der Waals surface area contributed by atoms with Crippen molar-refractivity contribution in [2.24, 2.45) is 4.99 Å². The summed E-state index contributed by atoms with van der Waals surface area (Å²) >= 11 is 0. The quantitative estimate of drug-likeness (QED) is 0.644. The molecule has 1 aromatic carbocycles. The molecular weight excluding hydrogens is 170 g/mol. The third-order valence-electron chi connectivity index (χ3n) is 2.81. The van der Waals surface area contributed by atoms with E-state index in [2.05, 4.69) is 41.5 Å². The smallest absolute Gasteiger partial charge is 0.0495 e. The lowest BCUT2D eigenvalue weighted by Gasteiger charge is -2.00. The highest BCUT2D eigenvalue weighted by atomic mass is 14.8. The van der Waals surface area contributed by atoms with Crippen molar-refractivity contribution >= 4 is 6.21 Å². The molecule has 0 saturated heterocycles. The maximum Gasteiger partial charge on any atom is 0.0495 e. The molecule has 1 aliphatic carbocycles. The SMILES string of the molecule is C(Cc1ccccc1)=NC1CCCC1. The molecule has 1 nitrogen and oxygen atoms in total. The Morgan fingerprint density at radius 1 is 1.14 bits per heavy atom. The minimum absolute atomic E-state index is 0.624. The van der Waals surface area contributed by atoms with Gasteiger partial charge in [-0.1, -0.05) is 43.2 Å². The lowest BCUT2D eigenvalue weighted by Crippen LogP contribution is -1.97. The van der Waals surface area contributed by atoms with Crippen LogP contribution in [0.3, 0.4) is 0 Å². The minimum Gasteiger partial charge on any atom is -0.294 e. The Labute approximate surface area is 85.9 Å². The highest BCUT2D eigenvalue weighted by Gasteiger charge is 2.11. The molecule has 1 fully saturated rings. The summed E-state index contributed by atoms with van der Waals surface area (Å²) in [4.78, 5) is 4.59. The Morgan fingerprint density at radius 3 is 2.57 bits per heavy atom. The van der Waals surface area contributed by atoms with Crippen LogP contribution in [0, 0.1) is 0 Å². The van der Waals surface area contributed by atoms with Gasteiger partial charge >= 0.3 is 0 Å². The van der Waals surface area contributed by atoms with Crippen molar-refractivity contribution in [3.8, 4) is 0 Å². The van der Waals surface area contributed by atoms with E-state index >= 15 is 0 Å². The van der Waals surface area contributed by atoms with Crippen LogP contribution in [0.25, 0.3) is 0 Å². The Morgan fingerprint density at radius 2 is 1.86 bits per heavy atom. The summed E-state index contributed by atoms with van der Waals surface area (Å²) < 4.78 is 0. The van der Waals surface area contributed by atoms with E-state index < -0.39 is 0 Å². The topological polar surface area (TPSA) is 12.4 Å². The second-order valence-corrected chi connectivity index (χ2v) is 3.96. The van der Waals surface area contributed by atoms with E-state index in [-0.39, 0.29) is 0 Å². The summed E-state index contributed by atoms with van der Waals surface area (Å²) in [6.45, 7) is 0. The van der Waals surface area contributed by atoms with Gasteiger partial charge in [0.1, 0.15) is 0 Å². The molecule has 1 heteroatoms. The zero-order chi connectivity index (χ0) is 9.64. The van der Waals surface area contributed by atoms with Crippen LogP contribution in [0.2, 0.25) is 0 Å². The standard InChI is InChI=1S/C13H17N/c1-2-6-12(7-3-1)10-11-14-13-8-4-5-9-13/h1-3,6-7,11,13H,4-5,8-10H2.